The average molecular weight is 197 g/mol. The van der Waals surface area contributed by atoms with Gasteiger partial charge in [0.2, 0.25) is 0 Å². The second-order valence-electron chi connectivity index (χ2n) is 2.97. The number of fused-ring (bicyclic) bond motifs is 1. The summed E-state index contributed by atoms with van der Waals surface area (Å²) < 4.78 is 0. The zero-order chi connectivity index (χ0) is 10.3. The number of aromatic amines is 1. The molecule has 0 bridgehead atoms. The molecule has 1 aromatic heterocycles. The lowest BCUT2D eigenvalue weighted by Gasteiger charge is -1.78. The Bertz CT molecular complexity index is 445. The molecule has 1 heterocycles. The Kier molecular flexibility index (Phi) is 3.07. The first kappa shape index (κ1) is 9.40. The van der Waals surface area contributed by atoms with E-state index < -0.39 is 0 Å². The van der Waals surface area contributed by atoms with E-state index in [4.69, 9.17) is 0 Å². The molecule has 0 aliphatic rings. The van der Waals surface area contributed by atoms with Crippen molar-refractivity contribution in [2.24, 2.45) is 0 Å². The van der Waals surface area contributed by atoms with Gasteiger partial charge < -0.3 is 0 Å². The molecule has 74 valence electrons. The van der Waals surface area contributed by atoms with Crippen molar-refractivity contribution in [2.75, 3.05) is 0 Å². The number of benzene rings is 2. The van der Waals surface area contributed by atoms with Crippen LogP contribution in [0.3, 0.4) is 0 Å². The molecule has 0 atom stereocenters. The lowest BCUT2D eigenvalue weighted by molar-refractivity contribution is 0.959. The molecule has 0 fully saturated rings. The number of H-pyrrole nitrogens is 1. The van der Waals surface area contributed by atoms with Gasteiger partial charge in [-0.05, 0) is 12.1 Å². The van der Waals surface area contributed by atoms with Gasteiger partial charge in [0.1, 0.15) is 11.0 Å². The van der Waals surface area contributed by atoms with E-state index in [1.807, 2.05) is 60.7 Å². The van der Waals surface area contributed by atoms with Gasteiger partial charge >= 0.3 is 0 Å². The van der Waals surface area contributed by atoms with Crippen LogP contribution in [-0.2, 0) is 0 Å². The molecule has 2 aromatic carbocycles. The molecule has 0 spiro atoms. The van der Waals surface area contributed by atoms with E-state index in [1.165, 1.54) is 0 Å². The molecule has 0 radical (unpaired) electrons. The number of nitrogens with one attached hydrogen (secondary N) is 1. The van der Waals surface area contributed by atoms with E-state index in [2.05, 4.69) is 15.4 Å². The summed E-state index contributed by atoms with van der Waals surface area (Å²) in [7, 11) is 0. The highest BCUT2D eigenvalue weighted by molar-refractivity contribution is 5.72. The molecule has 0 saturated carbocycles. The van der Waals surface area contributed by atoms with E-state index in [0.29, 0.717) is 0 Å². The standard InChI is InChI=1S/C6H5N3.C6H6/c1-2-4-6-5(3-1)7-9-8-6;1-2-4-6-5-3-1/h1-4H,(H,7,8,9);1-6H. The predicted molar refractivity (Wildman–Crippen MR) is 60.3 cm³/mol. The molecule has 3 nitrogen and oxygen atoms in total. The number of para-hydroxylation sites is 2. The highest BCUT2D eigenvalue weighted by Gasteiger charge is 1.90. The van der Waals surface area contributed by atoms with Gasteiger partial charge in [-0.25, -0.2) is 0 Å². The maximum Gasteiger partial charge on any atom is 0.112 e. The van der Waals surface area contributed by atoms with Crippen LogP contribution in [0, 0.1) is 0 Å². The van der Waals surface area contributed by atoms with Crippen LogP contribution in [0.2, 0.25) is 0 Å². The Labute approximate surface area is 87.8 Å². The second kappa shape index (κ2) is 4.91. The van der Waals surface area contributed by atoms with Crippen LogP contribution < -0.4 is 0 Å². The van der Waals surface area contributed by atoms with Crippen molar-refractivity contribution in [1.29, 1.82) is 0 Å². The van der Waals surface area contributed by atoms with Gasteiger partial charge in [0.05, 0.1) is 0 Å². The van der Waals surface area contributed by atoms with Gasteiger partial charge in [0.25, 0.3) is 0 Å². The van der Waals surface area contributed by atoms with Crippen molar-refractivity contribution in [3.05, 3.63) is 60.7 Å². The summed E-state index contributed by atoms with van der Waals surface area (Å²) in [6, 6.07) is 19.7. The summed E-state index contributed by atoms with van der Waals surface area (Å²) in [6.45, 7) is 0. The summed E-state index contributed by atoms with van der Waals surface area (Å²) in [5, 5.41) is 10.3. The van der Waals surface area contributed by atoms with Crippen LogP contribution in [0.5, 0.6) is 0 Å². The third-order valence-corrected chi connectivity index (χ3v) is 1.89. The Morgan fingerprint density at radius 2 is 1.00 bits per heavy atom. The van der Waals surface area contributed by atoms with Gasteiger partial charge in [-0.15, -0.1) is 0 Å². The topological polar surface area (TPSA) is 41.6 Å². The van der Waals surface area contributed by atoms with E-state index in [-0.39, 0.29) is 0 Å². The Balaban J connectivity index is 0.000000124. The Hall–Kier alpha value is -2.16. The molecule has 1 N–H and O–H groups in total. The molecule has 0 aliphatic carbocycles. The maximum absolute atomic E-state index is 3.88. The minimum Gasteiger partial charge on any atom is -0.197 e. The molecular formula is C12H11N3. The van der Waals surface area contributed by atoms with Crippen molar-refractivity contribution >= 4 is 11.0 Å². The summed E-state index contributed by atoms with van der Waals surface area (Å²) in [4.78, 5) is 0. The predicted octanol–water partition coefficient (Wildman–Crippen LogP) is 2.64. The lowest BCUT2D eigenvalue weighted by Crippen LogP contribution is -1.63. The monoisotopic (exact) mass is 197 g/mol. The first-order valence-electron chi connectivity index (χ1n) is 4.72. The average Bonchev–Trinajstić information content (AvgIpc) is 2.80. The van der Waals surface area contributed by atoms with Crippen molar-refractivity contribution in [2.45, 2.75) is 0 Å². The van der Waals surface area contributed by atoms with Crippen LogP contribution in [0.25, 0.3) is 11.0 Å². The van der Waals surface area contributed by atoms with Crippen LogP contribution in [0.15, 0.2) is 60.7 Å². The quantitative estimate of drug-likeness (QED) is 0.602. The maximum atomic E-state index is 3.88. The van der Waals surface area contributed by atoms with Crippen molar-refractivity contribution in [3.8, 4) is 0 Å². The third-order valence-electron chi connectivity index (χ3n) is 1.89. The minimum absolute atomic E-state index is 0.914. The van der Waals surface area contributed by atoms with Gasteiger partial charge in [-0.3, -0.25) is 0 Å². The van der Waals surface area contributed by atoms with Gasteiger partial charge in [0, 0.05) is 0 Å². The van der Waals surface area contributed by atoms with Crippen LogP contribution >= 0.6 is 0 Å². The van der Waals surface area contributed by atoms with Crippen LogP contribution in [-0.4, -0.2) is 15.4 Å². The minimum atomic E-state index is 0.914. The fourth-order valence-electron chi connectivity index (χ4n) is 1.17. The highest BCUT2D eigenvalue weighted by atomic mass is 15.3. The number of nitrogens with zero attached hydrogens (tertiary/aromatic N) is 2. The second-order valence-corrected chi connectivity index (χ2v) is 2.97. The van der Waals surface area contributed by atoms with E-state index in [0.717, 1.165) is 11.0 Å². The normalized spacial score (nSPS) is 9.33. The number of hydrogen-bond acceptors (Lipinski definition) is 2. The van der Waals surface area contributed by atoms with E-state index in [9.17, 15) is 0 Å². The molecule has 3 aromatic rings. The SMILES string of the molecule is c1ccc2n[nH]nc2c1.c1ccccc1. The number of aromatic nitrogens is 3. The first-order valence-corrected chi connectivity index (χ1v) is 4.72. The smallest absolute Gasteiger partial charge is 0.112 e. The lowest BCUT2D eigenvalue weighted by atomic mass is 10.3. The van der Waals surface area contributed by atoms with Crippen molar-refractivity contribution in [3.63, 3.8) is 0 Å². The molecule has 0 saturated heterocycles. The fourth-order valence-corrected chi connectivity index (χ4v) is 1.17. The number of hydrogen-bond donors (Lipinski definition) is 1. The van der Waals surface area contributed by atoms with Crippen molar-refractivity contribution < 1.29 is 0 Å². The summed E-state index contributed by atoms with van der Waals surface area (Å²) in [5.74, 6) is 0. The van der Waals surface area contributed by atoms with Crippen LogP contribution in [0.4, 0.5) is 0 Å². The molecule has 15 heavy (non-hydrogen) atoms. The molecular weight excluding hydrogens is 186 g/mol. The zero-order valence-corrected chi connectivity index (χ0v) is 8.17. The van der Waals surface area contributed by atoms with Gasteiger partial charge in [-0.2, -0.15) is 15.4 Å². The summed E-state index contributed by atoms with van der Waals surface area (Å²) in [6.07, 6.45) is 0. The Morgan fingerprint density at radius 3 is 1.40 bits per heavy atom. The number of rotatable bonds is 0. The van der Waals surface area contributed by atoms with Gasteiger partial charge in [-0.1, -0.05) is 48.5 Å². The molecule has 0 unspecified atom stereocenters. The first-order chi connectivity index (χ1) is 7.47. The molecule has 0 aliphatic heterocycles. The van der Waals surface area contributed by atoms with Crippen molar-refractivity contribution in [1.82, 2.24) is 15.4 Å². The largest absolute Gasteiger partial charge is 0.197 e. The van der Waals surface area contributed by atoms with Gasteiger partial charge in [0.15, 0.2) is 0 Å². The molecule has 0 amide bonds. The molecule has 3 heteroatoms. The molecule has 3 rings (SSSR count). The van der Waals surface area contributed by atoms with E-state index >= 15 is 0 Å². The van der Waals surface area contributed by atoms with E-state index in [1.54, 1.807) is 0 Å². The summed E-state index contributed by atoms with van der Waals surface area (Å²) >= 11 is 0. The summed E-state index contributed by atoms with van der Waals surface area (Å²) in [5.41, 5.74) is 1.83. The zero-order valence-electron chi connectivity index (χ0n) is 8.17. The van der Waals surface area contributed by atoms with Crippen LogP contribution in [0.1, 0.15) is 0 Å². The highest BCUT2D eigenvalue weighted by Crippen LogP contribution is 2.03. The fraction of sp³-hybridized carbons (Fsp3) is 0. The third kappa shape index (κ3) is 2.64. The Morgan fingerprint density at radius 1 is 0.600 bits per heavy atom.